The van der Waals surface area contributed by atoms with Crippen LogP contribution >= 0.6 is 0 Å². The lowest BCUT2D eigenvalue weighted by Crippen LogP contribution is -2.34. The third-order valence-electron chi connectivity index (χ3n) is 3.96. The van der Waals surface area contributed by atoms with Crippen molar-refractivity contribution >= 4 is 15.9 Å². The molecule has 10 heteroatoms. The van der Waals surface area contributed by atoms with E-state index in [0.29, 0.717) is 31.0 Å². The van der Waals surface area contributed by atoms with Gasteiger partial charge >= 0.3 is 6.03 Å². The van der Waals surface area contributed by atoms with Crippen molar-refractivity contribution in [2.24, 2.45) is 0 Å². The van der Waals surface area contributed by atoms with Crippen LogP contribution in [0.3, 0.4) is 0 Å². The van der Waals surface area contributed by atoms with Crippen molar-refractivity contribution in [3.05, 3.63) is 17.7 Å². The Morgan fingerprint density at radius 1 is 1.16 bits per heavy atom. The van der Waals surface area contributed by atoms with Gasteiger partial charge in [0.05, 0.1) is 11.4 Å². The number of aromatic nitrogens is 5. The van der Waals surface area contributed by atoms with Gasteiger partial charge in [-0.05, 0) is 34.1 Å². The first kappa shape index (κ1) is 19.1. The molecule has 2 heterocycles. The molecule has 0 atom stereocenters. The molecule has 0 spiro atoms. The van der Waals surface area contributed by atoms with Crippen LogP contribution in [0, 0.1) is 13.8 Å². The van der Waals surface area contributed by atoms with Crippen LogP contribution in [-0.4, -0.2) is 57.0 Å². The van der Waals surface area contributed by atoms with E-state index < -0.39 is 21.0 Å². The molecule has 0 fully saturated rings. The number of rotatable bonds is 6. The van der Waals surface area contributed by atoms with Gasteiger partial charge in [-0.25, -0.2) is 18.2 Å². The molecule has 0 aliphatic heterocycles. The standard InChI is InChI=1S/C15H24N6O3S/c1-6-9-20-12(5)13(11(4)17-20)25(23,24)14-16-10-21(18-14)15(22)19(7-2)8-3/h10H,6-9H2,1-5H3. The first-order valence-electron chi connectivity index (χ1n) is 8.27. The fourth-order valence-electron chi connectivity index (χ4n) is 2.69. The lowest BCUT2D eigenvalue weighted by molar-refractivity contribution is 0.201. The van der Waals surface area contributed by atoms with E-state index in [4.69, 9.17) is 0 Å². The van der Waals surface area contributed by atoms with Gasteiger partial charge in [-0.1, -0.05) is 6.92 Å². The van der Waals surface area contributed by atoms with Gasteiger partial charge in [0.15, 0.2) is 0 Å². The van der Waals surface area contributed by atoms with E-state index in [1.807, 2.05) is 20.8 Å². The lowest BCUT2D eigenvalue weighted by Gasteiger charge is -2.17. The van der Waals surface area contributed by atoms with Crippen molar-refractivity contribution in [1.29, 1.82) is 0 Å². The third-order valence-corrected chi connectivity index (χ3v) is 5.76. The molecule has 0 N–H and O–H groups in total. The van der Waals surface area contributed by atoms with Crippen LogP contribution in [0.1, 0.15) is 38.6 Å². The predicted molar refractivity (Wildman–Crippen MR) is 91.2 cm³/mol. The molecule has 2 aromatic rings. The van der Waals surface area contributed by atoms with Gasteiger partial charge in [0.25, 0.3) is 5.16 Å². The van der Waals surface area contributed by atoms with E-state index in [2.05, 4.69) is 15.2 Å². The summed E-state index contributed by atoms with van der Waals surface area (Å²) in [5.74, 6) is 0. The smallest absolute Gasteiger partial charge is 0.323 e. The second kappa shape index (κ2) is 7.34. The van der Waals surface area contributed by atoms with Gasteiger partial charge in [0.1, 0.15) is 11.2 Å². The van der Waals surface area contributed by atoms with Gasteiger partial charge in [0.2, 0.25) is 9.84 Å². The number of hydrogen-bond acceptors (Lipinski definition) is 6. The molecule has 0 aliphatic carbocycles. The Hall–Kier alpha value is -2.23. The average molecular weight is 368 g/mol. The number of aryl methyl sites for hydroxylation is 2. The summed E-state index contributed by atoms with van der Waals surface area (Å²) >= 11 is 0. The highest BCUT2D eigenvalue weighted by Gasteiger charge is 2.30. The molecule has 0 aromatic carbocycles. The monoisotopic (exact) mass is 368 g/mol. The number of hydrogen-bond donors (Lipinski definition) is 0. The number of carbonyl (C=O) groups is 1. The van der Waals surface area contributed by atoms with Crippen LogP contribution in [0.25, 0.3) is 0 Å². The topological polar surface area (TPSA) is 103 Å². The van der Waals surface area contributed by atoms with Crippen molar-refractivity contribution < 1.29 is 13.2 Å². The highest BCUT2D eigenvalue weighted by atomic mass is 32.2. The minimum Gasteiger partial charge on any atom is -0.323 e. The average Bonchev–Trinajstić information content (AvgIpc) is 3.15. The van der Waals surface area contributed by atoms with Crippen molar-refractivity contribution in [3.63, 3.8) is 0 Å². The van der Waals surface area contributed by atoms with Gasteiger partial charge in [-0.15, -0.1) is 5.10 Å². The SMILES string of the molecule is CCCn1nc(C)c(S(=O)(=O)c2ncn(C(=O)N(CC)CC)n2)c1C. The highest BCUT2D eigenvalue weighted by molar-refractivity contribution is 7.91. The summed E-state index contributed by atoms with van der Waals surface area (Å²) in [6.07, 6.45) is 1.97. The second-order valence-electron chi connectivity index (χ2n) is 5.65. The molecule has 138 valence electrons. The van der Waals surface area contributed by atoms with E-state index in [1.54, 1.807) is 18.5 Å². The van der Waals surface area contributed by atoms with E-state index >= 15 is 0 Å². The van der Waals surface area contributed by atoms with Crippen LogP contribution in [0.5, 0.6) is 0 Å². The second-order valence-corrected chi connectivity index (χ2v) is 7.43. The summed E-state index contributed by atoms with van der Waals surface area (Å²) in [7, 11) is -3.95. The van der Waals surface area contributed by atoms with E-state index in [-0.39, 0.29) is 4.90 Å². The molecule has 0 bridgehead atoms. The van der Waals surface area contributed by atoms with Gasteiger partial charge in [-0.2, -0.15) is 9.78 Å². The molecule has 0 aliphatic rings. The van der Waals surface area contributed by atoms with Crippen molar-refractivity contribution in [2.75, 3.05) is 13.1 Å². The first-order chi connectivity index (χ1) is 11.8. The molecular formula is C15H24N6O3S. The molecule has 25 heavy (non-hydrogen) atoms. The Morgan fingerprint density at radius 3 is 2.36 bits per heavy atom. The first-order valence-corrected chi connectivity index (χ1v) is 9.76. The van der Waals surface area contributed by atoms with E-state index in [9.17, 15) is 13.2 Å². The third kappa shape index (κ3) is 3.44. The molecule has 2 rings (SSSR count). The molecule has 0 saturated carbocycles. The van der Waals surface area contributed by atoms with E-state index in [0.717, 1.165) is 17.4 Å². The summed E-state index contributed by atoms with van der Waals surface area (Å²) in [5.41, 5.74) is 0.947. The molecule has 1 amide bonds. The summed E-state index contributed by atoms with van der Waals surface area (Å²) in [5, 5.41) is 7.80. The Kier molecular flexibility index (Phi) is 5.61. The fourth-order valence-corrected chi connectivity index (χ4v) is 4.18. The summed E-state index contributed by atoms with van der Waals surface area (Å²) in [6.45, 7) is 10.6. The van der Waals surface area contributed by atoms with Crippen molar-refractivity contribution in [1.82, 2.24) is 29.4 Å². The quantitative estimate of drug-likeness (QED) is 0.768. The molecular weight excluding hydrogens is 344 g/mol. The summed E-state index contributed by atoms with van der Waals surface area (Å²) in [4.78, 5) is 17.8. The Labute approximate surface area is 147 Å². The van der Waals surface area contributed by atoms with E-state index in [1.165, 1.54) is 4.90 Å². The van der Waals surface area contributed by atoms with Gasteiger partial charge in [-0.3, -0.25) is 4.68 Å². The fraction of sp³-hybridized carbons (Fsp3) is 0.600. The summed E-state index contributed by atoms with van der Waals surface area (Å²) < 4.78 is 28.5. The largest absolute Gasteiger partial charge is 0.346 e. The zero-order valence-corrected chi connectivity index (χ0v) is 16.0. The van der Waals surface area contributed by atoms with Gasteiger partial charge in [0, 0.05) is 19.6 Å². The van der Waals surface area contributed by atoms with Crippen LogP contribution < -0.4 is 0 Å². The zero-order valence-electron chi connectivity index (χ0n) is 15.2. The maximum absolute atomic E-state index is 12.9. The molecule has 2 aromatic heterocycles. The van der Waals surface area contributed by atoms with Crippen LogP contribution in [0.15, 0.2) is 16.4 Å². The van der Waals surface area contributed by atoms with Crippen LogP contribution in [0.4, 0.5) is 4.79 Å². The van der Waals surface area contributed by atoms with Crippen molar-refractivity contribution in [3.8, 4) is 0 Å². The zero-order chi connectivity index (χ0) is 18.8. The number of amides is 1. The Balaban J connectivity index is 2.44. The molecule has 0 radical (unpaired) electrons. The van der Waals surface area contributed by atoms with Gasteiger partial charge < -0.3 is 4.90 Å². The molecule has 0 saturated heterocycles. The highest BCUT2D eigenvalue weighted by Crippen LogP contribution is 2.24. The lowest BCUT2D eigenvalue weighted by atomic mass is 10.4. The minimum atomic E-state index is -3.95. The molecule has 0 unspecified atom stereocenters. The number of carbonyl (C=O) groups excluding carboxylic acids is 1. The number of nitrogens with zero attached hydrogens (tertiary/aromatic N) is 6. The van der Waals surface area contributed by atoms with Crippen molar-refractivity contribution in [2.45, 2.75) is 57.6 Å². The van der Waals surface area contributed by atoms with Crippen LogP contribution in [0.2, 0.25) is 0 Å². The van der Waals surface area contributed by atoms with Crippen LogP contribution in [-0.2, 0) is 16.4 Å². The number of sulfone groups is 1. The maximum atomic E-state index is 12.9. The Morgan fingerprint density at radius 2 is 1.80 bits per heavy atom. The summed E-state index contributed by atoms with van der Waals surface area (Å²) in [6, 6.07) is -0.408. The molecule has 9 nitrogen and oxygen atoms in total. The predicted octanol–water partition coefficient (Wildman–Crippen LogP) is 1.64. The Bertz CT molecular complexity index is 864. The normalized spacial score (nSPS) is 11.7. The maximum Gasteiger partial charge on any atom is 0.346 e. The minimum absolute atomic E-state index is 0.106.